The van der Waals surface area contributed by atoms with Crippen molar-refractivity contribution in [3.05, 3.63) is 80.7 Å². The number of halogens is 2. The molecule has 0 atom stereocenters. The summed E-state index contributed by atoms with van der Waals surface area (Å²) in [7, 11) is -3.73. The molecule has 2 N–H and O–H groups in total. The van der Waals surface area contributed by atoms with Gasteiger partial charge in [-0.1, -0.05) is 31.9 Å². The number of carbonyl (C=O) groups excluding carboxylic acids is 1. The molecule has 9 heteroatoms. The van der Waals surface area contributed by atoms with Crippen molar-refractivity contribution in [3.63, 3.8) is 0 Å². The highest BCUT2D eigenvalue weighted by molar-refractivity contribution is 9.10. The molecule has 0 aromatic heterocycles. The second-order valence-corrected chi connectivity index (χ2v) is 10.3. The largest absolute Gasteiger partial charge is 0.484 e. The van der Waals surface area contributed by atoms with Gasteiger partial charge < -0.3 is 10.1 Å². The van der Waals surface area contributed by atoms with E-state index in [0.29, 0.717) is 11.4 Å². The van der Waals surface area contributed by atoms with Crippen molar-refractivity contribution in [2.45, 2.75) is 18.7 Å². The van der Waals surface area contributed by atoms with Crippen LogP contribution in [0, 0.1) is 13.8 Å². The Labute approximate surface area is 198 Å². The fourth-order valence-electron chi connectivity index (χ4n) is 2.88. The molecule has 0 fully saturated rings. The topological polar surface area (TPSA) is 84.5 Å². The zero-order valence-corrected chi connectivity index (χ0v) is 20.8. The van der Waals surface area contributed by atoms with E-state index in [0.717, 1.165) is 25.8 Å². The van der Waals surface area contributed by atoms with E-state index >= 15 is 0 Å². The van der Waals surface area contributed by atoms with Crippen LogP contribution in [-0.4, -0.2) is 20.9 Å². The Hall–Kier alpha value is -2.36. The Balaban J connectivity index is 1.60. The average Bonchev–Trinajstić information content (AvgIpc) is 2.71. The third kappa shape index (κ3) is 6.32. The predicted octanol–water partition coefficient (Wildman–Crippen LogP) is 5.65. The van der Waals surface area contributed by atoms with Gasteiger partial charge in [-0.25, -0.2) is 8.42 Å². The van der Waals surface area contributed by atoms with E-state index in [1.165, 1.54) is 24.3 Å². The molecule has 6 nitrogen and oxygen atoms in total. The van der Waals surface area contributed by atoms with Gasteiger partial charge in [0, 0.05) is 20.3 Å². The summed E-state index contributed by atoms with van der Waals surface area (Å²) in [5.74, 6) is 0.0871. The summed E-state index contributed by atoms with van der Waals surface area (Å²) >= 11 is 6.74. The average molecular weight is 568 g/mol. The lowest BCUT2D eigenvalue weighted by molar-refractivity contribution is -0.118. The SMILES string of the molecule is Cc1cc(Br)cc(C)c1NC(=O)COc1ccc(S(=O)(=O)Nc2ccc(Br)cc2)cc1. The van der Waals surface area contributed by atoms with Gasteiger partial charge in [0.15, 0.2) is 6.61 Å². The lowest BCUT2D eigenvalue weighted by Crippen LogP contribution is -2.21. The zero-order chi connectivity index (χ0) is 22.6. The zero-order valence-electron chi connectivity index (χ0n) is 16.8. The number of ether oxygens (including phenoxy) is 1. The van der Waals surface area contributed by atoms with Gasteiger partial charge in [-0.05, 0) is 85.6 Å². The highest BCUT2D eigenvalue weighted by Gasteiger charge is 2.15. The van der Waals surface area contributed by atoms with E-state index < -0.39 is 10.0 Å². The minimum Gasteiger partial charge on any atom is -0.484 e. The summed E-state index contributed by atoms with van der Waals surface area (Å²) in [6.45, 7) is 3.63. The van der Waals surface area contributed by atoms with Gasteiger partial charge in [-0.2, -0.15) is 0 Å². The first-order valence-electron chi connectivity index (χ1n) is 9.22. The van der Waals surface area contributed by atoms with Crippen molar-refractivity contribution in [2.24, 2.45) is 0 Å². The molecule has 0 saturated heterocycles. The summed E-state index contributed by atoms with van der Waals surface area (Å²) in [5.41, 5.74) is 3.08. The molecule has 0 aliphatic heterocycles. The molecule has 1 amide bonds. The lowest BCUT2D eigenvalue weighted by atomic mass is 10.1. The lowest BCUT2D eigenvalue weighted by Gasteiger charge is -2.13. The standard InChI is InChI=1S/C22H20Br2N2O4S/c1-14-11-17(24)12-15(2)22(14)25-21(27)13-30-19-7-9-20(10-8-19)31(28,29)26-18-5-3-16(23)4-6-18/h3-12,26H,13H2,1-2H3,(H,25,27). The van der Waals surface area contributed by atoms with E-state index in [1.807, 2.05) is 26.0 Å². The molecule has 0 bridgehead atoms. The smallest absolute Gasteiger partial charge is 0.262 e. The van der Waals surface area contributed by atoms with E-state index in [9.17, 15) is 13.2 Å². The van der Waals surface area contributed by atoms with Crippen molar-refractivity contribution in [1.29, 1.82) is 0 Å². The van der Waals surface area contributed by atoms with Crippen LogP contribution < -0.4 is 14.8 Å². The fraction of sp³-hybridized carbons (Fsp3) is 0.136. The highest BCUT2D eigenvalue weighted by Crippen LogP contribution is 2.25. The van der Waals surface area contributed by atoms with Gasteiger partial charge in [0.05, 0.1) is 4.90 Å². The van der Waals surface area contributed by atoms with E-state index in [1.54, 1.807) is 24.3 Å². The van der Waals surface area contributed by atoms with Gasteiger partial charge in [0.1, 0.15) is 5.75 Å². The molecule has 3 aromatic carbocycles. The number of benzene rings is 3. The number of anilines is 2. The molecule has 0 heterocycles. The van der Waals surface area contributed by atoms with Crippen molar-refractivity contribution < 1.29 is 17.9 Å². The third-order valence-corrected chi connectivity index (χ3v) is 6.75. The Morgan fingerprint density at radius 3 is 2.06 bits per heavy atom. The quantitative estimate of drug-likeness (QED) is 0.386. The fourth-order valence-corrected chi connectivity index (χ4v) is 4.89. The molecule has 0 unspecified atom stereocenters. The summed E-state index contributed by atoms with van der Waals surface area (Å²) in [6, 6.07) is 16.5. The number of hydrogen-bond donors (Lipinski definition) is 2. The first-order valence-corrected chi connectivity index (χ1v) is 12.3. The van der Waals surface area contributed by atoms with Crippen LogP contribution in [0.3, 0.4) is 0 Å². The molecule has 0 radical (unpaired) electrons. The van der Waals surface area contributed by atoms with Gasteiger partial charge >= 0.3 is 0 Å². The summed E-state index contributed by atoms with van der Waals surface area (Å²) < 4.78 is 34.9. The van der Waals surface area contributed by atoms with Gasteiger partial charge in [-0.3, -0.25) is 9.52 Å². The second-order valence-electron chi connectivity index (χ2n) is 6.84. The molecular formula is C22H20Br2N2O4S. The molecule has 0 aliphatic carbocycles. The van der Waals surface area contributed by atoms with Crippen molar-refractivity contribution in [1.82, 2.24) is 0 Å². The monoisotopic (exact) mass is 566 g/mol. The van der Waals surface area contributed by atoms with Gasteiger partial charge in [0.25, 0.3) is 15.9 Å². The van der Waals surface area contributed by atoms with Crippen LogP contribution in [0.1, 0.15) is 11.1 Å². The molecule has 0 aliphatic rings. The Bertz CT molecular complexity index is 1170. The normalized spacial score (nSPS) is 11.1. The number of sulfonamides is 1. The van der Waals surface area contributed by atoms with Crippen LogP contribution in [0.2, 0.25) is 0 Å². The minimum absolute atomic E-state index is 0.0910. The van der Waals surface area contributed by atoms with Crippen LogP contribution in [0.25, 0.3) is 0 Å². The molecule has 3 rings (SSSR count). The van der Waals surface area contributed by atoms with Crippen LogP contribution in [-0.2, 0) is 14.8 Å². The van der Waals surface area contributed by atoms with E-state index in [4.69, 9.17) is 4.74 Å². The molecule has 162 valence electrons. The Morgan fingerprint density at radius 1 is 0.903 bits per heavy atom. The summed E-state index contributed by atoms with van der Waals surface area (Å²) in [4.78, 5) is 12.4. The maximum atomic E-state index is 12.5. The number of amides is 1. The Kier molecular flexibility index (Phi) is 7.40. The molecule has 31 heavy (non-hydrogen) atoms. The van der Waals surface area contributed by atoms with Crippen LogP contribution in [0.4, 0.5) is 11.4 Å². The maximum absolute atomic E-state index is 12.5. The second kappa shape index (κ2) is 9.84. The summed E-state index contributed by atoms with van der Waals surface area (Å²) in [6.07, 6.45) is 0. The first kappa shape index (κ1) is 23.3. The molecular weight excluding hydrogens is 548 g/mol. The maximum Gasteiger partial charge on any atom is 0.262 e. The van der Waals surface area contributed by atoms with Crippen LogP contribution >= 0.6 is 31.9 Å². The predicted molar refractivity (Wildman–Crippen MR) is 129 cm³/mol. The number of carbonyl (C=O) groups is 1. The molecule has 0 saturated carbocycles. The van der Waals surface area contributed by atoms with E-state index in [-0.39, 0.29) is 17.4 Å². The van der Waals surface area contributed by atoms with Crippen molar-refractivity contribution in [3.8, 4) is 5.75 Å². The molecule has 0 spiro atoms. The first-order chi connectivity index (χ1) is 14.6. The minimum atomic E-state index is -3.73. The van der Waals surface area contributed by atoms with Crippen LogP contribution in [0.5, 0.6) is 5.75 Å². The van der Waals surface area contributed by atoms with Gasteiger partial charge in [-0.15, -0.1) is 0 Å². The van der Waals surface area contributed by atoms with E-state index in [2.05, 4.69) is 41.9 Å². The number of hydrogen-bond acceptors (Lipinski definition) is 4. The van der Waals surface area contributed by atoms with Gasteiger partial charge in [0.2, 0.25) is 0 Å². The van der Waals surface area contributed by atoms with Crippen molar-refractivity contribution >= 4 is 59.2 Å². The number of nitrogens with one attached hydrogen (secondary N) is 2. The Morgan fingerprint density at radius 2 is 1.48 bits per heavy atom. The third-order valence-electron chi connectivity index (χ3n) is 4.36. The highest BCUT2D eigenvalue weighted by atomic mass is 79.9. The number of rotatable bonds is 7. The number of aryl methyl sites for hydroxylation is 2. The van der Waals surface area contributed by atoms with Crippen LogP contribution in [0.15, 0.2) is 74.5 Å². The summed E-state index contributed by atoms with van der Waals surface area (Å²) in [5, 5.41) is 2.85. The van der Waals surface area contributed by atoms with Crippen molar-refractivity contribution in [2.75, 3.05) is 16.6 Å². The molecule has 3 aromatic rings.